The van der Waals surface area contributed by atoms with Gasteiger partial charge in [0.15, 0.2) is 0 Å². The first-order valence-electron chi connectivity index (χ1n) is 1.33. The Morgan fingerprint density at radius 3 is 0.636 bits per heavy atom. The van der Waals surface area contributed by atoms with Crippen LogP contribution in [0, 0.1) is 0 Å². The first-order valence-corrected chi connectivity index (χ1v) is 7.89. The maximum atomic E-state index is 8.63. The van der Waals surface area contributed by atoms with E-state index in [0.29, 0.717) is 0 Å². The number of hydrogen-bond donors (Lipinski definition) is 0. The molecule has 0 fully saturated rings. The van der Waals surface area contributed by atoms with Crippen molar-refractivity contribution >= 4 is 0 Å². The molecule has 0 aromatic carbocycles. The van der Waals surface area contributed by atoms with Crippen LogP contribution in [0.1, 0.15) is 0 Å². The van der Waals surface area contributed by atoms with E-state index in [1.165, 1.54) is 0 Å². The quantitative estimate of drug-likeness (QED) is 0.378. The SMILES string of the molecule is [Co+3].[O]=[Mo](=[O])([O-])[O-].[O]=[Mo](=[O])([O-])[O-]. The topological polar surface area (TPSA) is 161 Å². The molecular weight excluding hydrogens is 379 g/mol. The molecule has 0 amide bonds. The van der Waals surface area contributed by atoms with E-state index in [9.17, 15) is 0 Å². The average Bonchev–Trinajstić information content (AvgIpc) is 1.12. The predicted molar refractivity (Wildman–Crippen MR) is 2.75 cm³/mol. The summed E-state index contributed by atoms with van der Waals surface area (Å²) in [7, 11) is 0. The molecule has 0 radical (unpaired) electrons. The average molecular weight is 379 g/mol. The molecule has 0 saturated heterocycles. The van der Waals surface area contributed by atoms with Gasteiger partial charge in [-0.25, -0.2) is 0 Å². The van der Waals surface area contributed by atoms with Gasteiger partial charge in [-0.15, -0.1) is 0 Å². The van der Waals surface area contributed by atoms with Crippen LogP contribution in [0.5, 0.6) is 0 Å². The summed E-state index contributed by atoms with van der Waals surface area (Å²) in [6.45, 7) is 0. The Hall–Kier alpha value is 0.923. The van der Waals surface area contributed by atoms with Crippen LogP contribution in [-0.4, -0.2) is 0 Å². The zero-order valence-electron chi connectivity index (χ0n) is 4.42. The van der Waals surface area contributed by atoms with Crippen molar-refractivity contribution in [2.75, 3.05) is 0 Å². The van der Waals surface area contributed by atoms with Crippen molar-refractivity contribution < 1.29 is 78.9 Å². The third kappa shape index (κ3) is 1020. The van der Waals surface area contributed by atoms with Gasteiger partial charge in [0.2, 0.25) is 0 Å². The molecule has 0 spiro atoms. The molecule has 0 heterocycles. The van der Waals surface area contributed by atoms with Gasteiger partial charge in [0, 0.05) is 0 Å². The molecular formula is CoMo2O8-. The minimum absolute atomic E-state index is 0. The van der Waals surface area contributed by atoms with Gasteiger partial charge in [0.1, 0.15) is 0 Å². The first kappa shape index (κ1) is 17.9. The predicted octanol–water partition coefficient (Wildman–Crippen LogP) is -5.24. The molecule has 0 aliphatic rings. The number of rotatable bonds is 0. The molecule has 70 valence electrons. The zero-order valence-corrected chi connectivity index (χ0v) is 9.47. The minimum atomic E-state index is -6.02. The zero-order chi connectivity index (χ0) is 9.00. The molecule has 0 N–H and O–H groups in total. The van der Waals surface area contributed by atoms with Crippen molar-refractivity contribution in [3.05, 3.63) is 0 Å². The molecule has 8 nitrogen and oxygen atoms in total. The Balaban J connectivity index is -0.000000107. The van der Waals surface area contributed by atoms with Crippen LogP contribution in [-0.2, 0) is 63.9 Å². The van der Waals surface area contributed by atoms with Crippen LogP contribution in [0.2, 0.25) is 0 Å². The second-order valence-corrected chi connectivity index (χ2v) is 4.83. The summed E-state index contributed by atoms with van der Waals surface area (Å²) in [6, 6.07) is 0. The third-order valence-corrected chi connectivity index (χ3v) is 0. The molecule has 0 aliphatic heterocycles. The van der Waals surface area contributed by atoms with E-state index in [-0.39, 0.29) is 16.8 Å². The van der Waals surface area contributed by atoms with E-state index >= 15 is 0 Å². The van der Waals surface area contributed by atoms with Crippen LogP contribution in [0.3, 0.4) is 0 Å². The van der Waals surface area contributed by atoms with Crippen molar-refractivity contribution in [3.63, 3.8) is 0 Å². The fraction of sp³-hybridized carbons (Fsp3) is 0. The standard InChI is InChI=1S/Co.2Mo.8O/q+3;;;;;;;4*-1. The van der Waals surface area contributed by atoms with Gasteiger partial charge in [-0.05, 0) is 0 Å². The summed E-state index contributed by atoms with van der Waals surface area (Å²) in [5.74, 6) is 0. The summed E-state index contributed by atoms with van der Waals surface area (Å²) < 4.78 is 69.0. The van der Waals surface area contributed by atoms with Gasteiger partial charge in [-0.2, -0.15) is 0 Å². The molecule has 0 bridgehead atoms. The molecule has 0 aromatic heterocycles. The Kier molecular flexibility index (Phi) is 10.5. The van der Waals surface area contributed by atoms with Crippen molar-refractivity contribution in [1.82, 2.24) is 0 Å². The van der Waals surface area contributed by atoms with Crippen LogP contribution in [0.15, 0.2) is 0 Å². The van der Waals surface area contributed by atoms with E-state index in [0.717, 1.165) is 0 Å². The monoisotopic (exact) mass is 383 g/mol. The summed E-state index contributed by atoms with van der Waals surface area (Å²) in [4.78, 5) is 0. The normalized spacial score (nSPS) is 10.5. The van der Waals surface area contributed by atoms with Gasteiger partial charge >= 0.3 is 78.9 Å². The fourth-order valence-electron chi connectivity index (χ4n) is 0. The summed E-state index contributed by atoms with van der Waals surface area (Å²) in [5.41, 5.74) is 0. The van der Waals surface area contributed by atoms with Crippen LogP contribution < -0.4 is 15.0 Å². The van der Waals surface area contributed by atoms with Gasteiger partial charge in [0.25, 0.3) is 0 Å². The van der Waals surface area contributed by atoms with Gasteiger partial charge in [0.05, 0.1) is 0 Å². The van der Waals surface area contributed by atoms with Crippen LogP contribution >= 0.6 is 0 Å². The fourth-order valence-corrected chi connectivity index (χ4v) is 0. The third-order valence-electron chi connectivity index (χ3n) is 0. The van der Waals surface area contributed by atoms with Gasteiger partial charge in [-0.1, -0.05) is 0 Å². The Labute approximate surface area is 78.5 Å². The van der Waals surface area contributed by atoms with E-state index < -0.39 is 33.5 Å². The second kappa shape index (κ2) is 6.44. The molecule has 0 unspecified atom stereocenters. The van der Waals surface area contributed by atoms with Crippen LogP contribution in [0.25, 0.3) is 0 Å². The van der Waals surface area contributed by atoms with Gasteiger partial charge in [-0.3, -0.25) is 0 Å². The molecule has 0 saturated carbocycles. The Morgan fingerprint density at radius 2 is 0.636 bits per heavy atom. The number of hydrogen-bond acceptors (Lipinski definition) is 8. The van der Waals surface area contributed by atoms with Gasteiger partial charge < -0.3 is 0 Å². The van der Waals surface area contributed by atoms with Crippen molar-refractivity contribution in [2.45, 2.75) is 0 Å². The summed E-state index contributed by atoms with van der Waals surface area (Å²) in [5, 5.41) is 0. The van der Waals surface area contributed by atoms with Crippen LogP contribution in [0.4, 0.5) is 0 Å². The van der Waals surface area contributed by atoms with E-state index in [1.54, 1.807) is 0 Å². The molecule has 0 aromatic rings. The second-order valence-electron chi connectivity index (χ2n) is 0.816. The molecule has 0 atom stereocenters. The van der Waals surface area contributed by atoms with E-state index in [1.807, 2.05) is 0 Å². The molecule has 11 heavy (non-hydrogen) atoms. The summed E-state index contributed by atoms with van der Waals surface area (Å²) >= 11 is -12.0. The summed E-state index contributed by atoms with van der Waals surface area (Å²) in [6.07, 6.45) is 0. The Bertz CT molecular complexity index is 208. The van der Waals surface area contributed by atoms with E-state index in [4.69, 9.17) is 28.6 Å². The van der Waals surface area contributed by atoms with Crippen molar-refractivity contribution in [1.29, 1.82) is 0 Å². The molecule has 0 aliphatic carbocycles. The Morgan fingerprint density at radius 1 is 0.636 bits per heavy atom. The molecule has 11 heteroatoms. The van der Waals surface area contributed by atoms with E-state index in [2.05, 4.69) is 0 Å². The molecule has 0 rings (SSSR count). The van der Waals surface area contributed by atoms with Crippen molar-refractivity contribution in [2.24, 2.45) is 0 Å². The first-order chi connectivity index (χ1) is 4.00. The maximum absolute atomic E-state index is 8.63. The van der Waals surface area contributed by atoms with Crippen molar-refractivity contribution in [3.8, 4) is 0 Å².